The highest BCUT2D eigenvalue weighted by Gasteiger charge is 2.24. The fourth-order valence-corrected chi connectivity index (χ4v) is 1.97. The number of rotatable bonds is 2. The first-order valence-corrected chi connectivity index (χ1v) is 5.64. The minimum atomic E-state index is -0.0458. The van der Waals surface area contributed by atoms with E-state index in [1.807, 2.05) is 18.9 Å². The maximum absolute atomic E-state index is 12.0. The molecule has 2 unspecified atom stereocenters. The Balaban J connectivity index is 2.58. The third kappa shape index (κ3) is 2.71. The van der Waals surface area contributed by atoms with Crippen LogP contribution in [0, 0.1) is 0 Å². The smallest absolute Gasteiger partial charge is 0.239 e. The van der Waals surface area contributed by atoms with Gasteiger partial charge in [0, 0.05) is 12.6 Å². The predicted molar refractivity (Wildman–Crippen MR) is 58.2 cm³/mol. The van der Waals surface area contributed by atoms with Gasteiger partial charge < -0.3 is 10.2 Å². The molecule has 3 heteroatoms. The molecule has 1 amide bonds. The van der Waals surface area contributed by atoms with Gasteiger partial charge in [0.15, 0.2) is 0 Å². The van der Waals surface area contributed by atoms with Crippen LogP contribution in [0.1, 0.15) is 39.5 Å². The van der Waals surface area contributed by atoms with Crippen LogP contribution in [0.15, 0.2) is 0 Å². The summed E-state index contributed by atoms with van der Waals surface area (Å²) >= 11 is 0. The zero-order valence-corrected chi connectivity index (χ0v) is 9.55. The van der Waals surface area contributed by atoms with Crippen molar-refractivity contribution >= 4 is 5.91 Å². The molecule has 1 heterocycles. The average Bonchev–Trinajstić information content (AvgIpc) is 2.40. The van der Waals surface area contributed by atoms with E-state index in [0.29, 0.717) is 6.04 Å². The molecule has 3 nitrogen and oxygen atoms in total. The third-order valence-corrected chi connectivity index (χ3v) is 3.14. The second kappa shape index (κ2) is 5.35. The lowest BCUT2D eigenvalue weighted by atomic mass is 10.1. The molecule has 0 aromatic heterocycles. The minimum Gasteiger partial charge on any atom is -0.339 e. The Morgan fingerprint density at radius 1 is 1.43 bits per heavy atom. The molecule has 0 saturated carbocycles. The van der Waals surface area contributed by atoms with Crippen LogP contribution >= 0.6 is 0 Å². The molecule has 0 bridgehead atoms. The molecule has 1 aliphatic heterocycles. The van der Waals surface area contributed by atoms with Crippen LogP contribution in [0.2, 0.25) is 0 Å². The summed E-state index contributed by atoms with van der Waals surface area (Å²) in [5.41, 5.74) is 0. The molecule has 1 fully saturated rings. The number of nitrogens with zero attached hydrogens (tertiary/aromatic N) is 1. The summed E-state index contributed by atoms with van der Waals surface area (Å²) in [5, 5.41) is 3.01. The molecule has 1 rings (SSSR count). The second-order valence-electron chi connectivity index (χ2n) is 4.24. The Morgan fingerprint density at radius 3 is 2.79 bits per heavy atom. The summed E-state index contributed by atoms with van der Waals surface area (Å²) in [4.78, 5) is 14.0. The number of hydrogen-bond donors (Lipinski definition) is 1. The van der Waals surface area contributed by atoms with Crippen molar-refractivity contribution in [2.45, 2.75) is 51.6 Å². The van der Waals surface area contributed by atoms with E-state index in [9.17, 15) is 4.79 Å². The van der Waals surface area contributed by atoms with Crippen LogP contribution in [0.5, 0.6) is 0 Å². The van der Waals surface area contributed by atoms with Crippen molar-refractivity contribution in [3.05, 3.63) is 0 Å². The van der Waals surface area contributed by atoms with Gasteiger partial charge in [-0.05, 0) is 33.7 Å². The van der Waals surface area contributed by atoms with Gasteiger partial charge >= 0.3 is 0 Å². The molecule has 0 aromatic carbocycles. The molecule has 0 aliphatic carbocycles. The average molecular weight is 198 g/mol. The molecule has 0 aromatic rings. The van der Waals surface area contributed by atoms with Crippen molar-refractivity contribution in [3.63, 3.8) is 0 Å². The van der Waals surface area contributed by atoms with Crippen molar-refractivity contribution in [2.75, 3.05) is 13.6 Å². The molecule has 82 valence electrons. The zero-order chi connectivity index (χ0) is 10.6. The number of carbonyl (C=O) groups is 1. The Kier molecular flexibility index (Phi) is 4.39. The van der Waals surface area contributed by atoms with Crippen LogP contribution < -0.4 is 5.32 Å². The fraction of sp³-hybridized carbons (Fsp3) is 0.909. The lowest BCUT2D eigenvalue weighted by molar-refractivity contribution is -0.134. The van der Waals surface area contributed by atoms with Crippen molar-refractivity contribution in [2.24, 2.45) is 0 Å². The maximum atomic E-state index is 12.0. The number of nitrogens with one attached hydrogen (secondary N) is 1. The third-order valence-electron chi connectivity index (χ3n) is 3.14. The molecule has 1 N–H and O–H groups in total. The normalized spacial score (nSPS) is 25.6. The van der Waals surface area contributed by atoms with Crippen molar-refractivity contribution in [3.8, 4) is 0 Å². The maximum Gasteiger partial charge on any atom is 0.239 e. The van der Waals surface area contributed by atoms with Gasteiger partial charge in [0.05, 0.1) is 6.04 Å². The van der Waals surface area contributed by atoms with Gasteiger partial charge in [0.25, 0.3) is 0 Å². The van der Waals surface area contributed by atoms with E-state index >= 15 is 0 Å². The Labute approximate surface area is 86.9 Å². The van der Waals surface area contributed by atoms with Crippen LogP contribution in [-0.2, 0) is 4.79 Å². The number of carbonyl (C=O) groups excluding carboxylic acids is 1. The summed E-state index contributed by atoms with van der Waals surface area (Å²) in [6.45, 7) is 5.03. The summed E-state index contributed by atoms with van der Waals surface area (Å²) in [7, 11) is 1.84. The van der Waals surface area contributed by atoms with Crippen LogP contribution in [0.4, 0.5) is 0 Å². The van der Waals surface area contributed by atoms with Crippen LogP contribution in [0.25, 0.3) is 0 Å². The van der Waals surface area contributed by atoms with Gasteiger partial charge in [-0.3, -0.25) is 4.79 Å². The number of amides is 1. The van der Waals surface area contributed by atoms with Crippen molar-refractivity contribution in [1.29, 1.82) is 0 Å². The van der Waals surface area contributed by atoms with Gasteiger partial charge in [-0.2, -0.15) is 0 Å². The number of likely N-dealkylation sites (N-methyl/N-ethyl adjacent to an activating group) is 1. The number of hydrogen-bond acceptors (Lipinski definition) is 2. The molecular weight excluding hydrogens is 176 g/mol. The van der Waals surface area contributed by atoms with E-state index in [0.717, 1.165) is 19.4 Å². The summed E-state index contributed by atoms with van der Waals surface area (Å²) < 4.78 is 0. The molecule has 2 atom stereocenters. The summed E-state index contributed by atoms with van der Waals surface area (Å²) in [6.07, 6.45) is 4.84. The molecular formula is C11H22N2O. The van der Waals surface area contributed by atoms with E-state index in [1.165, 1.54) is 12.8 Å². The molecule has 0 spiro atoms. The SMILES string of the molecule is CNC(C)C(=O)N1CCCCCC1C. The standard InChI is InChI=1S/C11H22N2O/c1-9-7-5-4-6-8-13(9)11(14)10(2)12-3/h9-10,12H,4-8H2,1-3H3. The lowest BCUT2D eigenvalue weighted by Gasteiger charge is -2.29. The first kappa shape index (κ1) is 11.5. The first-order chi connectivity index (χ1) is 6.66. The Morgan fingerprint density at radius 2 is 2.14 bits per heavy atom. The zero-order valence-electron chi connectivity index (χ0n) is 9.55. The quantitative estimate of drug-likeness (QED) is 0.727. The topological polar surface area (TPSA) is 32.3 Å². The highest BCUT2D eigenvalue weighted by atomic mass is 16.2. The highest BCUT2D eigenvalue weighted by Crippen LogP contribution is 2.16. The van der Waals surface area contributed by atoms with Crippen LogP contribution in [-0.4, -0.2) is 36.5 Å². The van der Waals surface area contributed by atoms with Crippen LogP contribution in [0.3, 0.4) is 0 Å². The monoisotopic (exact) mass is 198 g/mol. The molecule has 14 heavy (non-hydrogen) atoms. The molecule has 0 radical (unpaired) electrons. The highest BCUT2D eigenvalue weighted by molar-refractivity contribution is 5.81. The molecule has 1 aliphatic rings. The second-order valence-corrected chi connectivity index (χ2v) is 4.24. The largest absolute Gasteiger partial charge is 0.339 e. The summed E-state index contributed by atoms with van der Waals surface area (Å²) in [6, 6.07) is 0.372. The fourth-order valence-electron chi connectivity index (χ4n) is 1.97. The lowest BCUT2D eigenvalue weighted by Crippen LogP contribution is -2.47. The van der Waals surface area contributed by atoms with E-state index in [4.69, 9.17) is 0 Å². The first-order valence-electron chi connectivity index (χ1n) is 5.64. The van der Waals surface area contributed by atoms with Crippen molar-refractivity contribution < 1.29 is 4.79 Å². The van der Waals surface area contributed by atoms with E-state index < -0.39 is 0 Å². The van der Waals surface area contributed by atoms with Gasteiger partial charge in [-0.15, -0.1) is 0 Å². The van der Waals surface area contributed by atoms with E-state index in [2.05, 4.69) is 12.2 Å². The minimum absolute atomic E-state index is 0.0458. The predicted octanol–water partition coefficient (Wildman–Crippen LogP) is 1.39. The van der Waals surface area contributed by atoms with Gasteiger partial charge in [-0.1, -0.05) is 12.8 Å². The van der Waals surface area contributed by atoms with E-state index in [1.54, 1.807) is 0 Å². The van der Waals surface area contributed by atoms with Crippen molar-refractivity contribution in [1.82, 2.24) is 10.2 Å². The Bertz CT molecular complexity index is 194. The molecule has 1 saturated heterocycles. The Hall–Kier alpha value is -0.570. The van der Waals surface area contributed by atoms with Gasteiger partial charge in [0.2, 0.25) is 5.91 Å². The van der Waals surface area contributed by atoms with Gasteiger partial charge in [-0.25, -0.2) is 0 Å². The summed E-state index contributed by atoms with van der Waals surface area (Å²) in [5.74, 6) is 0.252. The van der Waals surface area contributed by atoms with E-state index in [-0.39, 0.29) is 11.9 Å². The van der Waals surface area contributed by atoms with Gasteiger partial charge in [0.1, 0.15) is 0 Å². The number of likely N-dealkylation sites (tertiary alicyclic amines) is 1.